The first kappa shape index (κ1) is 18.8. The highest BCUT2D eigenvalue weighted by Gasteiger charge is 2.36. The lowest BCUT2D eigenvalue weighted by atomic mass is 10.1. The lowest BCUT2D eigenvalue weighted by Crippen LogP contribution is -2.43. The Morgan fingerprint density at radius 3 is 2.88 bits per heavy atom. The van der Waals surface area contributed by atoms with Gasteiger partial charge in [-0.25, -0.2) is 4.98 Å². The molecule has 0 aliphatic carbocycles. The largest absolute Gasteiger partial charge is 0.355 e. The average Bonchev–Trinajstić information content (AvgIpc) is 3.17. The van der Waals surface area contributed by atoms with Crippen molar-refractivity contribution in [3.8, 4) is 0 Å². The van der Waals surface area contributed by atoms with Crippen LogP contribution in [0.5, 0.6) is 0 Å². The first-order valence-corrected chi connectivity index (χ1v) is 10.0. The summed E-state index contributed by atoms with van der Waals surface area (Å²) in [7, 11) is 0. The number of carbonyl (C=O) groups excluding carboxylic acids is 2. The molecular formula is C19H26N4O2S. The zero-order valence-corrected chi connectivity index (χ0v) is 16.4. The number of nitrogens with one attached hydrogen (secondary N) is 2. The number of hydrogen-bond acceptors (Lipinski definition) is 5. The van der Waals surface area contributed by atoms with Crippen LogP contribution < -0.4 is 10.6 Å². The summed E-state index contributed by atoms with van der Waals surface area (Å²) in [5.41, 5.74) is 1.48. The van der Waals surface area contributed by atoms with E-state index in [1.807, 2.05) is 32.0 Å². The predicted octanol–water partition coefficient (Wildman–Crippen LogP) is 2.32. The van der Waals surface area contributed by atoms with Gasteiger partial charge in [-0.05, 0) is 51.4 Å². The first-order valence-electron chi connectivity index (χ1n) is 9.21. The van der Waals surface area contributed by atoms with Gasteiger partial charge in [0.2, 0.25) is 5.91 Å². The Morgan fingerprint density at radius 1 is 1.35 bits per heavy atom. The molecule has 2 N–H and O–H groups in total. The molecule has 7 heteroatoms. The second-order valence-corrected chi connectivity index (χ2v) is 7.96. The number of likely N-dealkylation sites (tertiary alicyclic amines) is 1. The third kappa shape index (κ3) is 4.04. The highest BCUT2D eigenvalue weighted by Crippen LogP contribution is 2.23. The van der Waals surface area contributed by atoms with Crippen LogP contribution in [0.4, 0.5) is 0 Å². The summed E-state index contributed by atoms with van der Waals surface area (Å²) in [6.07, 6.45) is 1.63. The number of aryl methyl sites for hydroxylation is 1. The molecule has 1 aromatic carbocycles. The van der Waals surface area contributed by atoms with Gasteiger partial charge in [0, 0.05) is 24.7 Å². The molecule has 140 valence electrons. The number of carbonyl (C=O) groups is 2. The van der Waals surface area contributed by atoms with E-state index in [1.165, 1.54) is 0 Å². The molecule has 0 saturated carbocycles. The van der Waals surface area contributed by atoms with Gasteiger partial charge < -0.3 is 10.6 Å². The topological polar surface area (TPSA) is 74.3 Å². The van der Waals surface area contributed by atoms with E-state index in [0.29, 0.717) is 25.1 Å². The minimum atomic E-state index is -0.163. The van der Waals surface area contributed by atoms with Gasteiger partial charge in [0.05, 0.1) is 21.3 Å². The third-order valence-corrected chi connectivity index (χ3v) is 5.61. The molecule has 0 spiro atoms. The Balaban J connectivity index is 1.68. The third-order valence-electron chi connectivity index (χ3n) is 4.66. The fraction of sp³-hybridized carbons (Fsp3) is 0.526. The monoisotopic (exact) mass is 374 g/mol. The zero-order chi connectivity index (χ0) is 18.7. The van der Waals surface area contributed by atoms with E-state index in [1.54, 1.807) is 11.3 Å². The van der Waals surface area contributed by atoms with Crippen LogP contribution in [0.1, 0.15) is 42.1 Å². The molecular weight excluding hydrogens is 348 g/mol. The van der Waals surface area contributed by atoms with Crippen molar-refractivity contribution in [3.05, 3.63) is 28.8 Å². The van der Waals surface area contributed by atoms with E-state index in [4.69, 9.17) is 0 Å². The van der Waals surface area contributed by atoms with Gasteiger partial charge in [-0.15, -0.1) is 11.3 Å². The number of benzene rings is 1. The summed E-state index contributed by atoms with van der Waals surface area (Å²) in [6, 6.07) is 5.45. The summed E-state index contributed by atoms with van der Waals surface area (Å²) in [4.78, 5) is 31.6. The van der Waals surface area contributed by atoms with Crippen molar-refractivity contribution in [2.45, 2.75) is 45.7 Å². The van der Waals surface area contributed by atoms with Crippen LogP contribution in [-0.4, -0.2) is 53.4 Å². The smallest absolute Gasteiger partial charge is 0.251 e. The van der Waals surface area contributed by atoms with Crippen molar-refractivity contribution in [1.82, 2.24) is 20.5 Å². The number of rotatable bonds is 6. The van der Waals surface area contributed by atoms with Gasteiger partial charge in [0.15, 0.2) is 0 Å². The molecule has 6 nitrogen and oxygen atoms in total. The van der Waals surface area contributed by atoms with Crippen LogP contribution in [0, 0.1) is 6.92 Å². The highest BCUT2D eigenvalue weighted by atomic mass is 32.1. The number of fused-ring (bicyclic) bond motifs is 1. The minimum absolute atomic E-state index is 0.0190. The van der Waals surface area contributed by atoms with E-state index in [2.05, 4.69) is 27.4 Å². The van der Waals surface area contributed by atoms with Gasteiger partial charge in [-0.3, -0.25) is 14.5 Å². The number of nitrogens with zero attached hydrogens (tertiary/aromatic N) is 2. The maximum Gasteiger partial charge on any atom is 0.251 e. The molecule has 0 unspecified atom stereocenters. The van der Waals surface area contributed by atoms with Gasteiger partial charge in [0.25, 0.3) is 5.91 Å². The van der Waals surface area contributed by atoms with Gasteiger partial charge >= 0.3 is 0 Å². The van der Waals surface area contributed by atoms with Crippen LogP contribution >= 0.6 is 11.3 Å². The van der Waals surface area contributed by atoms with Crippen molar-refractivity contribution in [3.63, 3.8) is 0 Å². The Kier molecular flexibility index (Phi) is 5.88. The molecule has 0 radical (unpaired) electrons. The number of thiazole rings is 1. The molecule has 1 fully saturated rings. The molecule has 2 heterocycles. The summed E-state index contributed by atoms with van der Waals surface area (Å²) in [5, 5.41) is 6.99. The van der Waals surface area contributed by atoms with E-state index in [9.17, 15) is 9.59 Å². The predicted molar refractivity (Wildman–Crippen MR) is 105 cm³/mol. The number of likely N-dealkylation sites (N-methyl/N-ethyl adjacent to an activating group) is 1. The van der Waals surface area contributed by atoms with Crippen molar-refractivity contribution in [1.29, 1.82) is 0 Å². The second-order valence-electron chi connectivity index (χ2n) is 6.73. The van der Waals surface area contributed by atoms with Crippen LogP contribution in [-0.2, 0) is 4.79 Å². The minimum Gasteiger partial charge on any atom is -0.355 e. The quantitative estimate of drug-likeness (QED) is 0.814. The van der Waals surface area contributed by atoms with Gasteiger partial charge in [0.1, 0.15) is 0 Å². The van der Waals surface area contributed by atoms with Gasteiger partial charge in [-0.2, -0.15) is 0 Å². The van der Waals surface area contributed by atoms with E-state index >= 15 is 0 Å². The van der Waals surface area contributed by atoms with Crippen molar-refractivity contribution < 1.29 is 9.59 Å². The Hall–Kier alpha value is -1.99. The second kappa shape index (κ2) is 8.14. The van der Waals surface area contributed by atoms with Crippen molar-refractivity contribution >= 4 is 33.4 Å². The summed E-state index contributed by atoms with van der Waals surface area (Å²) < 4.78 is 1.09. The lowest BCUT2D eigenvalue weighted by molar-refractivity contribution is -0.125. The lowest BCUT2D eigenvalue weighted by Gasteiger charge is -2.22. The van der Waals surface area contributed by atoms with E-state index in [0.717, 1.165) is 28.2 Å². The molecule has 3 rings (SSSR count). The molecule has 2 atom stereocenters. The summed E-state index contributed by atoms with van der Waals surface area (Å²) in [5.74, 6) is -0.0485. The SMILES string of the molecule is CCCN1C[C@@H](NC(=O)c2ccc3sc(C)nc3c2)C[C@H]1C(=O)NCC. The molecule has 26 heavy (non-hydrogen) atoms. The molecule has 1 saturated heterocycles. The fourth-order valence-corrected chi connectivity index (χ4v) is 4.37. The Labute approximate surface area is 158 Å². The average molecular weight is 375 g/mol. The first-order chi connectivity index (χ1) is 12.5. The van der Waals surface area contributed by atoms with Crippen LogP contribution in [0.3, 0.4) is 0 Å². The van der Waals surface area contributed by atoms with Crippen LogP contribution in [0.25, 0.3) is 10.2 Å². The zero-order valence-electron chi connectivity index (χ0n) is 15.5. The maximum absolute atomic E-state index is 12.7. The van der Waals surface area contributed by atoms with Gasteiger partial charge in [-0.1, -0.05) is 6.92 Å². The highest BCUT2D eigenvalue weighted by molar-refractivity contribution is 7.18. The normalized spacial score (nSPS) is 20.4. The maximum atomic E-state index is 12.7. The summed E-state index contributed by atoms with van der Waals surface area (Å²) in [6.45, 7) is 8.18. The molecule has 0 bridgehead atoms. The van der Waals surface area contributed by atoms with Crippen LogP contribution in [0.15, 0.2) is 18.2 Å². The standard InChI is InChI=1S/C19H26N4O2S/c1-4-8-23-11-14(10-16(23)19(25)20-5-2)22-18(24)13-6-7-17-15(9-13)21-12(3)26-17/h6-7,9,14,16H,4-5,8,10-11H2,1-3H3,(H,20,25)(H,22,24)/t14-,16-/m0/s1. The number of aromatic nitrogens is 1. The molecule has 1 aliphatic rings. The molecule has 2 amide bonds. The van der Waals surface area contributed by atoms with E-state index < -0.39 is 0 Å². The number of hydrogen-bond donors (Lipinski definition) is 2. The fourth-order valence-electron chi connectivity index (χ4n) is 3.56. The summed E-state index contributed by atoms with van der Waals surface area (Å²) >= 11 is 1.63. The van der Waals surface area contributed by atoms with E-state index in [-0.39, 0.29) is 23.9 Å². The molecule has 1 aromatic heterocycles. The van der Waals surface area contributed by atoms with Crippen molar-refractivity contribution in [2.75, 3.05) is 19.6 Å². The number of amides is 2. The Bertz CT molecular complexity index is 804. The van der Waals surface area contributed by atoms with Crippen LogP contribution in [0.2, 0.25) is 0 Å². The van der Waals surface area contributed by atoms with Crippen molar-refractivity contribution in [2.24, 2.45) is 0 Å². The molecule has 2 aromatic rings. The Morgan fingerprint density at radius 2 is 2.15 bits per heavy atom. The molecule has 1 aliphatic heterocycles.